The summed E-state index contributed by atoms with van der Waals surface area (Å²) >= 11 is 0. The molecule has 0 radical (unpaired) electrons. The van der Waals surface area contributed by atoms with Gasteiger partial charge in [0.15, 0.2) is 0 Å². The zero-order chi connectivity index (χ0) is 10.4. The monoisotopic (exact) mass is 199 g/mol. The lowest BCUT2D eigenvalue weighted by molar-refractivity contribution is 0.0542. The number of hydrogen-bond acceptors (Lipinski definition) is 3. The van der Waals surface area contributed by atoms with Crippen molar-refractivity contribution in [1.29, 1.82) is 0 Å². The maximum absolute atomic E-state index is 5.55. The molecule has 0 aliphatic carbocycles. The molecule has 82 valence electrons. The Labute approximate surface area is 86.5 Å². The maximum atomic E-state index is 5.55. The summed E-state index contributed by atoms with van der Waals surface area (Å²) in [5.74, 6) is 1.05. The number of rotatable bonds is 6. The quantitative estimate of drug-likeness (QED) is 0.706. The molecule has 2 atom stereocenters. The van der Waals surface area contributed by atoms with Crippen molar-refractivity contribution in [2.45, 2.75) is 38.3 Å². The SMILES string of the molecule is CCCC(OC)C(NC)C1=CCCO1. The first-order valence-corrected chi connectivity index (χ1v) is 5.36. The minimum absolute atomic E-state index is 0.211. The average molecular weight is 199 g/mol. The van der Waals surface area contributed by atoms with E-state index < -0.39 is 0 Å². The topological polar surface area (TPSA) is 30.5 Å². The number of nitrogens with one attached hydrogen (secondary N) is 1. The van der Waals surface area contributed by atoms with Gasteiger partial charge >= 0.3 is 0 Å². The van der Waals surface area contributed by atoms with Gasteiger partial charge in [-0.25, -0.2) is 0 Å². The highest BCUT2D eigenvalue weighted by Gasteiger charge is 2.25. The summed E-state index contributed by atoms with van der Waals surface area (Å²) in [6.45, 7) is 2.98. The van der Waals surface area contributed by atoms with Crippen molar-refractivity contribution >= 4 is 0 Å². The predicted octanol–water partition coefficient (Wildman–Crippen LogP) is 1.69. The first-order chi connectivity index (χ1) is 6.83. The first kappa shape index (κ1) is 11.5. The van der Waals surface area contributed by atoms with Gasteiger partial charge in [-0.2, -0.15) is 0 Å². The first-order valence-electron chi connectivity index (χ1n) is 5.36. The molecule has 2 unspecified atom stereocenters. The van der Waals surface area contributed by atoms with E-state index in [-0.39, 0.29) is 12.1 Å². The molecule has 14 heavy (non-hydrogen) atoms. The lowest BCUT2D eigenvalue weighted by atomic mass is 10.0. The zero-order valence-corrected chi connectivity index (χ0v) is 9.38. The van der Waals surface area contributed by atoms with Crippen LogP contribution in [0.4, 0.5) is 0 Å². The van der Waals surface area contributed by atoms with E-state index in [1.807, 2.05) is 7.05 Å². The Kier molecular flexibility index (Phi) is 4.98. The summed E-state index contributed by atoms with van der Waals surface area (Å²) in [6, 6.07) is 0.211. The van der Waals surface area contributed by atoms with Crippen molar-refractivity contribution in [3.8, 4) is 0 Å². The summed E-state index contributed by atoms with van der Waals surface area (Å²) < 4.78 is 11.0. The summed E-state index contributed by atoms with van der Waals surface area (Å²) in [5, 5.41) is 3.26. The van der Waals surface area contributed by atoms with E-state index in [1.54, 1.807) is 7.11 Å². The molecular weight excluding hydrogens is 178 g/mol. The standard InChI is InChI=1S/C11H21NO2/c1-4-6-9(13-3)11(12-2)10-7-5-8-14-10/h7,9,11-12H,4-6,8H2,1-3H3. The van der Waals surface area contributed by atoms with E-state index in [0.717, 1.165) is 31.6 Å². The Balaban J connectivity index is 2.57. The molecule has 1 aliphatic heterocycles. The van der Waals surface area contributed by atoms with Crippen molar-refractivity contribution in [1.82, 2.24) is 5.32 Å². The van der Waals surface area contributed by atoms with Gasteiger partial charge in [0.25, 0.3) is 0 Å². The van der Waals surface area contributed by atoms with Crippen LogP contribution in [0.5, 0.6) is 0 Å². The van der Waals surface area contributed by atoms with E-state index in [1.165, 1.54) is 0 Å². The molecule has 0 aromatic rings. The third-order valence-electron chi connectivity index (χ3n) is 2.60. The number of methoxy groups -OCH3 is 1. The Morgan fingerprint density at radius 1 is 1.64 bits per heavy atom. The highest BCUT2D eigenvalue weighted by atomic mass is 16.5. The van der Waals surface area contributed by atoms with Crippen LogP contribution in [0.3, 0.4) is 0 Å². The summed E-state index contributed by atoms with van der Waals surface area (Å²) in [6.07, 6.45) is 5.58. The Morgan fingerprint density at radius 3 is 2.86 bits per heavy atom. The van der Waals surface area contributed by atoms with Gasteiger partial charge in [-0.15, -0.1) is 0 Å². The molecule has 1 heterocycles. The van der Waals surface area contributed by atoms with Gasteiger partial charge in [-0.1, -0.05) is 13.3 Å². The van der Waals surface area contributed by atoms with Gasteiger partial charge in [0.2, 0.25) is 0 Å². The molecule has 0 bridgehead atoms. The second kappa shape index (κ2) is 6.04. The van der Waals surface area contributed by atoms with Crippen molar-refractivity contribution in [3.63, 3.8) is 0 Å². The Hall–Kier alpha value is -0.540. The van der Waals surface area contributed by atoms with Crippen LogP contribution in [-0.2, 0) is 9.47 Å². The molecule has 1 N–H and O–H groups in total. The fourth-order valence-corrected chi connectivity index (χ4v) is 1.87. The minimum atomic E-state index is 0.211. The molecule has 0 amide bonds. The van der Waals surface area contributed by atoms with Crippen LogP contribution in [0.25, 0.3) is 0 Å². The largest absolute Gasteiger partial charge is 0.496 e. The van der Waals surface area contributed by atoms with Crippen molar-refractivity contribution in [2.75, 3.05) is 20.8 Å². The molecule has 0 aromatic carbocycles. The smallest absolute Gasteiger partial charge is 0.112 e. The predicted molar refractivity (Wildman–Crippen MR) is 57.2 cm³/mol. The maximum Gasteiger partial charge on any atom is 0.112 e. The van der Waals surface area contributed by atoms with E-state index in [2.05, 4.69) is 18.3 Å². The summed E-state index contributed by atoms with van der Waals surface area (Å²) in [4.78, 5) is 0. The lowest BCUT2D eigenvalue weighted by Crippen LogP contribution is -2.40. The van der Waals surface area contributed by atoms with Crippen LogP contribution in [-0.4, -0.2) is 32.9 Å². The zero-order valence-electron chi connectivity index (χ0n) is 9.38. The molecule has 3 heteroatoms. The molecule has 1 aliphatic rings. The van der Waals surface area contributed by atoms with E-state index >= 15 is 0 Å². The van der Waals surface area contributed by atoms with Crippen LogP contribution in [0, 0.1) is 0 Å². The van der Waals surface area contributed by atoms with Crippen LogP contribution in [0.15, 0.2) is 11.8 Å². The number of hydrogen-bond donors (Lipinski definition) is 1. The average Bonchev–Trinajstić information content (AvgIpc) is 2.71. The van der Waals surface area contributed by atoms with Crippen LogP contribution >= 0.6 is 0 Å². The minimum Gasteiger partial charge on any atom is -0.496 e. The summed E-state index contributed by atoms with van der Waals surface area (Å²) in [7, 11) is 3.72. The summed E-state index contributed by atoms with van der Waals surface area (Å²) in [5.41, 5.74) is 0. The Morgan fingerprint density at radius 2 is 2.43 bits per heavy atom. The van der Waals surface area contributed by atoms with Crippen LogP contribution in [0.1, 0.15) is 26.2 Å². The molecule has 0 spiro atoms. The lowest BCUT2D eigenvalue weighted by Gasteiger charge is -2.25. The Bertz CT molecular complexity index is 192. The van der Waals surface area contributed by atoms with E-state index in [9.17, 15) is 0 Å². The van der Waals surface area contributed by atoms with Crippen molar-refractivity contribution in [3.05, 3.63) is 11.8 Å². The molecule has 0 aromatic heterocycles. The highest BCUT2D eigenvalue weighted by molar-refractivity contribution is 5.09. The normalized spacial score (nSPS) is 20.1. The van der Waals surface area contributed by atoms with Gasteiger partial charge in [-0.05, 0) is 19.5 Å². The molecule has 0 fully saturated rings. The third-order valence-corrected chi connectivity index (χ3v) is 2.60. The van der Waals surface area contributed by atoms with Crippen molar-refractivity contribution < 1.29 is 9.47 Å². The molecule has 1 rings (SSSR count). The van der Waals surface area contributed by atoms with Crippen LogP contribution < -0.4 is 5.32 Å². The fraction of sp³-hybridized carbons (Fsp3) is 0.818. The highest BCUT2D eigenvalue weighted by Crippen LogP contribution is 2.19. The molecule has 3 nitrogen and oxygen atoms in total. The third kappa shape index (κ3) is 2.72. The van der Waals surface area contributed by atoms with Gasteiger partial charge in [0, 0.05) is 13.5 Å². The number of ether oxygens (including phenoxy) is 2. The number of likely N-dealkylation sites (N-methyl/N-ethyl adjacent to an activating group) is 1. The van der Waals surface area contributed by atoms with Crippen LogP contribution in [0.2, 0.25) is 0 Å². The van der Waals surface area contributed by atoms with Gasteiger partial charge in [0.1, 0.15) is 5.76 Å². The van der Waals surface area contributed by atoms with E-state index in [0.29, 0.717) is 0 Å². The molecule has 0 saturated carbocycles. The second-order valence-corrected chi connectivity index (χ2v) is 3.57. The van der Waals surface area contributed by atoms with Crippen molar-refractivity contribution in [2.24, 2.45) is 0 Å². The molecule has 0 saturated heterocycles. The van der Waals surface area contributed by atoms with E-state index in [4.69, 9.17) is 9.47 Å². The van der Waals surface area contributed by atoms with Gasteiger partial charge < -0.3 is 14.8 Å². The van der Waals surface area contributed by atoms with Gasteiger partial charge in [0.05, 0.1) is 18.8 Å². The molecular formula is C11H21NO2. The fourth-order valence-electron chi connectivity index (χ4n) is 1.87. The van der Waals surface area contributed by atoms with Gasteiger partial charge in [-0.3, -0.25) is 0 Å². The second-order valence-electron chi connectivity index (χ2n) is 3.57.